The summed E-state index contributed by atoms with van der Waals surface area (Å²) in [6, 6.07) is 7.87. The van der Waals surface area contributed by atoms with Crippen LogP contribution in [-0.2, 0) is 0 Å². The molecule has 1 saturated carbocycles. The van der Waals surface area contributed by atoms with Gasteiger partial charge in [-0.2, -0.15) is 5.26 Å². The summed E-state index contributed by atoms with van der Waals surface area (Å²) < 4.78 is 5.89. The van der Waals surface area contributed by atoms with Crippen molar-refractivity contribution in [3.8, 4) is 11.8 Å². The van der Waals surface area contributed by atoms with Crippen molar-refractivity contribution in [2.75, 3.05) is 0 Å². The molecule has 2 unspecified atom stereocenters. The van der Waals surface area contributed by atoms with Crippen LogP contribution in [0.2, 0.25) is 0 Å². The van der Waals surface area contributed by atoms with Gasteiger partial charge in [-0.25, -0.2) is 0 Å². The lowest BCUT2D eigenvalue weighted by Gasteiger charge is -2.20. The monoisotopic (exact) mass is 216 g/mol. The largest absolute Gasteiger partial charge is 0.487 e. The molecule has 2 atom stereocenters. The summed E-state index contributed by atoms with van der Waals surface area (Å²) in [7, 11) is 0. The summed E-state index contributed by atoms with van der Waals surface area (Å²) in [5.41, 5.74) is 7.56. The predicted molar refractivity (Wildman–Crippen MR) is 62.1 cm³/mol. The highest BCUT2D eigenvalue weighted by molar-refractivity contribution is 5.48. The average molecular weight is 216 g/mol. The van der Waals surface area contributed by atoms with Gasteiger partial charge in [0.05, 0.1) is 5.56 Å². The molecule has 84 valence electrons. The van der Waals surface area contributed by atoms with E-state index in [9.17, 15) is 0 Å². The first-order valence-corrected chi connectivity index (χ1v) is 5.64. The normalized spacial score (nSPS) is 24.1. The van der Waals surface area contributed by atoms with Gasteiger partial charge in [0, 0.05) is 6.04 Å². The molecular formula is C13H16N2O. The molecule has 1 aromatic rings. The summed E-state index contributed by atoms with van der Waals surface area (Å²) >= 11 is 0. The predicted octanol–water partition coefficient (Wildman–Crippen LogP) is 2.13. The number of nitrogens with zero attached hydrogens (tertiary/aromatic N) is 1. The summed E-state index contributed by atoms with van der Waals surface area (Å²) in [6.07, 6.45) is 3.17. The Kier molecular flexibility index (Phi) is 3.12. The van der Waals surface area contributed by atoms with Crippen LogP contribution in [0.25, 0.3) is 0 Å². The molecule has 0 heterocycles. The van der Waals surface area contributed by atoms with Crippen LogP contribution in [0.1, 0.15) is 30.4 Å². The minimum absolute atomic E-state index is 0.0631. The molecule has 0 aromatic heterocycles. The topological polar surface area (TPSA) is 59.0 Å². The van der Waals surface area contributed by atoms with E-state index in [-0.39, 0.29) is 12.1 Å². The average Bonchev–Trinajstić information content (AvgIpc) is 2.67. The lowest BCUT2D eigenvalue weighted by atomic mass is 10.1. The van der Waals surface area contributed by atoms with Gasteiger partial charge in [-0.1, -0.05) is 12.1 Å². The van der Waals surface area contributed by atoms with Crippen LogP contribution in [0.4, 0.5) is 0 Å². The van der Waals surface area contributed by atoms with Gasteiger partial charge in [0.1, 0.15) is 17.9 Å². The number of nitrogens with two attached hydrogens (primary N) is 1. The van der Waals surface area contributed by atoms with Gasteiger partial charge in [-0.3, -0.25) is 0 Å². The van der Waals surface area contributed by atoms with Crippen molar-refractivity contribution in [2.45, 2.75) is 38.3 Å². The first-order valence-electron chi connectivity index (χ1n) is 5.64. The van der Waals surface area contributed by atoms with E-state index in [0.29, 0.717) is 11.3 Å². The molecule has 0 spiro atoms. The molecule has 2 rings (SSSR count). The SMILES string of the molecule is Cc1cccc(C#N)c1OC1CCCC1N. The maximum Gasteiger partial charge on any atom is 0.140 e. The van der Waals surface area contributed by atoms with Crippen LogP contribution < -0.4 is 10.5 Å². The van der Waals surface area contributed by atoms with E-state index >= 15 is 0 Å². The molecule has 0 aliphatic heterocycles. The van der Waals surface area contributed by atoms with Crippen molar-refractivity contribution < 1.29 is 4.74 Å². The minimum atomic E-state index is 0.0631. The maximum atomic E-state index is 9.02. The molecule has 1 aliphatic carbocycles. The van der Waals surface area contributed by atoms with E-state index in [2.05, 4.69) is 6.07 Å². The molecular weight excluding hydrogens is 200 g/mol. The Balaban J connectivity index is 2.24. The van der Waals surface area contributed by atoms with Crippen LogP contribution in [-0.4, -0.2) is 12.1 Å². The number of rotatable bonds is 2. The molecule has 3 heteroatoms. The third-order valence-electron chi connectivity index (χ3n) is 3.11. The lowest BCUT2D eigenvalue weighted by molar-refractivity contribution is 0.190. The summed E-state index contributed by atoms with van der Waals surface area (Å²) in [5, 5.41) is 9.02. The zero-order chi connectivity index (χ0) is 11.5. The van der Waals surface area contributed by atoms with E-state index < -0.39 is 0 Å². The standard InChI is InChI=1S/C13H16N2O/c1-9-4-2-5-10(8-14)13(9)16-12-7-3-6-11(12)15/h2,4-5,11-12H,3,6-7,15H2,1H3. The third-order valence-corrected chi connectivity index (χ3v) is 3.11. The smallest absolute Gasteiger partial charge is 0.140 e. The third kappa shape index (κ3) is 2.02. The molecule has 0 saturated heterocycles. The van der Waals surface area contributed by atoms with Crippen LogP contribution >= 0.6 is 0 Å². The van der Waals surface area contributed by atoms with E-state index in [1.165, 1.54) is 0 Å². The molecule has 2 N–H and O–H groups in total. The van der Waals surface area contributed by atoms with Gasteiger partial charge in [-0.15, -0.1) is 0 Å². The van der Waals surface area contributed by atoms with Crippen LogP contribution in [0.5, 0.6) is 5.75 Å². The Labute approximate surface area is 95.8 Å². The van der Waals surface area contributed by atoms with Gasteiger partial charge in [0.15, 0.2) is 0 Å². The van der Waals surface area contributed by atoms with Gasteiger partial charge in [-0.05, 0) is 37.8 Å². The second kappa shape index (κ2) is 4.54. The highest BCUT2D eigenvalue weighted by atomic mass is 16.5. The Bertz CT molecular complexity index is 422. The first-order chi connectivity index (χ1) is 7.72. The van der Waals surface area contributed by atoms with Crippen molar-refractivity contribution >= 4 is 0 Å². The Hall–Kier alpha value is -1.53. The van der Waals surface area contributed by atoms with E-state index in [1.54, 1.807) is 6.07 Å². The first kappa shape index (κ1) is 11.0. The van der Waals surface area contributed by atoms with Crippen molar-refractivity contribution in [1.29, 1.82) is 5.26 Å². The molecule has 1 aliphatic rings. The van der Waals surface area contributed by atoms with Crippen LogP contribution in [0, 0.1) is 18.3 Å². The molecule has 0 bridgehead atoms. The Morgan fingerprint density at radius 2 is 2.25 bits per heavy atom. The highest BCUT2D eigenvalue weighted by Gasteiger charge is 2.26. The van der Waals surface area contributed by atoms with Gasteiger partial charge in [0.2, 0.25) is 0 Å². The quantitative estimate of drug-likeness (QED) is 0.823. The van der Waals surface area contributed by atoms with Crippen molar-refractivity contribution in [3.63, 3.8) is 0 Å². The highest BCUT2D eigenvalue weighted by Crippen LogP contribution is 2.28. The zero-order valence-electron chi connectivity index (χ0n) is 9.44. The molecule has 16 heavy (non-hydrogen) atoms. The Morgan fingerprint density at radius 1 is 1.44 bits per heavy atom. The van der Waals surface area contributed by atoms with E-state index in [1.807, 2.05) is 19.1 Å². The molecule has 1 fully saturated rings. The number of hydrogen-bond donors (Lipinski definition) is 1. The van der Waals surface area contributed by atoms with Crippen LogP contribution in [0.15, 0.2) is 18.2 Å². The van der Waals surface area contributed by atoms with Gasteiger partial charge in [0.25, 0.3) is 0 Å². The fourth-order valence-corrected chi connectivity index (χ4v) is 2.15. The lowest BCUT2D eigenvalue weighted by Crippen LogP contribution is -2.33. The minimum Gasteiger partial charge on any atom is -0.487 e. The fraction of sp³-hybridized carbons (Fsp3) is 0.462. The summed E-state index contributed by atoms with van der Waals surface area (Å²) in [5.74, 6) is 0.701. The number of ether oxygens (including phenoxy) is 1. The summed E-state index contributed by atoms with van der Waals surface area (Å²) in [6.45, 7) is 1.96. The maximum absolute atomic E-state index is 9.02. The number of aryl methyl sites for hydroxylation is 1. The molecule has 3 nitrogen and oxygen atoms in total. The molecule has 0 radical (unpaired) electrons. The number of nitriles is 1. The second-order valence-electron chi connectivity index (χ2n) is 4.31. The number of para-hydroxylation sites is 1. The van der Waals surface area contributed by atoms with E-state index in [4.69, 9.17) is 15.7 Å². The fourth-order valence-electron chi connectivity index (χ4n) is 2.15. The van der Waals surface area contributed by atoms with Gasteiger partial charge >= 0.3 is 0 Å². The second-order valence-corrected chi connectivity index (χ2v) is 4.31. The summed E-state index contributed by atoms with van der Waals surface area (Å²) in [4.78, 5) is 0. The van der Waals surface area contributed by atoms with Crippen LogP contribution in [0.3, 0.4) is 0 Å². The van der Waals surface area contributed by atoms with E-state index in [0.717, 1.165) is 24.8 Å². The van der Waals surface area contributed by atoms with Crippen molar-refractivity contribution in [3.05, 3.63) is 29.3 Å². The molecule has 0 amide bonds. The zero-order valence-corrected chi connectivity index (χ0v) is 9.44. The number of benzene rings is 1. The number of hydrogen-bond acceptors (Lipinski definition) is 3. The van der Waals surface area contributed by atoms with Crippen molar-refractivity contribution in [2.24, 2.45) is 5.73 Å². The van der Waals surface area contributed by atoms with Crippen molar-refractivity contribution in [1.82, 2.24) is 0 Å². The Morgan fingerprint density at radius 3 is 2.88 bits per heavy atom. The molecule has 1 aromatic carbocycles. The van der Waals surface area contributed by atoms with Gasteiger partial charge < -0.3 is 10.5 Å².